The summed E-state index contributed by atoms with van der Waals surface area (Å²) in [4.78, 5) is 37.9. The fourth-order valence-corrected chi connectivity index (χ4v) is 5.81. The summed E-state index contributed by atoms with van der Waals surface area (Å²) < 4.78 is 35.0. The van der Waals surface area contributed by atoms with Crippen molar-refractivity contribution in [3.8, 4) is 17.1 Å². The largest absolute Gasteiger partial charge is 0.484 e. The normalized spacial score (nSPS) is 19.9. The van der Waals surface area contributed by atoms with Gasteiger partial charge in [0.25, 0.3) is 11.8 Å². The van der Waals surface area contributed by atoms with E-state index >= 15 is 0 Å². The molecular weight excluding hydrogens is 510 g/mol. The van der Waals surface area contributed by atoms with Crippen molar-refractivity contribution in [1.82, 2.24) is 24.9 Å². The van der Waals surface area contributed by atoms with Crippen LogP contribution >= 0.6 is 0 Å². The summed E-state index contributed by atoms with van der Waals surface area (Å²) in [5.74, 6) is 0.731. The van der Waals surface area contributed by atoms with E-state index in [1.165, 1.54) is 17.4 Å². The highest BCUT2D eigenvalue weighted by Crippen LogP contribution is 2.31. The molecule has 2 amide bonds. The fourth-order valence-electron chi connectivity index (χ4n) is 4.83. The van der Waals surface area contributed by atoms with E-state index in [-0.39, 0.29) is 42.5 Å². The SMILES string of the molecule is CS(=O)(=O)[C@@H]1CCN(C(=O)c2cc(-c3noc(C4CCCCN4C(=O)COc4ccccc4)n3)ccn2)C1. The third kappa shape index (κ3) is 5.69. The summed E-state index contributed by atoms with van der Waals surface area (Å²) in [6.07, 6.45) is 5.57. The van der Waals surface area contributed by atoms with Gasteiger partial charge in [-0.25, -0.2) is 8.42 Å². The number of para-hydroxylation sites is 1. The monoisotopic (exact) mass is 539 g/mol. The van der Waals surface area contributed by atoms with E-state index in [2.05, 4.69) is 15.1 Å². The van der Waals surface area contributed by atoms with Crippen molar-refractivity contribution >= 4 is 21.7 Å². The molecule has 4 heterocycles. The van der Waals surface area contributed by atoms with Crippen LogP contribution in [0.3, 0.4) is 0 Å². The van der Waals surface area contributed by atoms with Gasteiger partial charge in [0.1, 0.15) is 17.5 Å². The molecule has 2 aliphatic rings. The molecule has 2 aliphatic heterocycles. The van der Waals surface area contributed by atoms with E-state index in [1.807, 2.05) is 18.2 Å². The summed E-state index contributed by atoms with van der Waals surface area (Å²) in [7, 11) is -3.22. The lowest BCUT2D eigenvalue weighted by Gasteiger charge is -2.33. The van der Waals surface area contributed by atoms with Crippen LogP contribution in [0.4, 0.5) is 0 Å². The molecule has 2 saturated heterocycles. The third-order valence-corrected chi connectivity index (χ3v) is 8.53. The molecule has 0 N–H and O–H groups in total. The van der Waals surface area contributed by atoms with Gasteiger partial charge in [-0.15, -0.1) is 0 Å². The maximum absolute atomic E-state index is 13.0. The van der Waals surface area contributed by atoms with E-state index in [9.17, 15) is 18.0 Å². The average molecular weight is 540 g/mol. The van der Waals surface area contributed by atoms with E-state index in [1.54, 1.807) is 29.2 Å². The molecular formula is C26H29N5O6S. The van der Waals surface area contributed by atoms with Crippen molar-refractivity contribution in [3.05, 3.63) is 60.2 Å². The van der Waals surface area contributed by atoms with Crippen LogP contribution in [0.1, 0.15) is 48.1 Å². The zero-order valence-corrected chi connectivity index (χ0v) is 21.8. The molecule has 3 aromatic rings. The number of aromatic nitrogens is 3. The number of sulfone groups is 1. The summed E-state index contributed by atoms with van der Waals surface area (Å²) >= 11 is 0. The van der Waals surface area contributed by atoms with Crippen LogP contribution in [-0.4, -0.2) is 82.9 Å². The van der Waals surface area contributed by atoms with Gasteiger partial charge in [-0.2, -0.15) is 4.98 Å². The Morgan fingerprint density at radius 2 is 1.92 bits per heavy atom. The molecule has 12 heteroatoms. The first kappa shape index (κ1) is 25.8. The second kappa shape index (κ2) is 10.9. The lowest BCUT2D eigenvalue weighted by Crippen LogP contribution is -2.41. The van der Waals surface area contributed by atoms with Crippen molar-refractivity contribution in [3.63, 3.8) is 0 Å². The van der Waals surface area contributed by atoms with Crippen molar-refractivity contribution < 1.29 is 27.3 Å². The van der Waals surface area contributed by atoms with Gasteiger partial charge in [-0.1, -0.05) is 23.4 Å². The Kier molecular flexibility index (Phi) is 7.41. The topological polar surface area (TPSA) is 136 Å². The van der Waals surface area contributed by atoms with Crippen molar-refractivity contribution in [2.45, 2.75) is 37.0 Å². The molecule has 0 saturated carbocycles. The predicted octanol–water partition coefficient (Wildman–Crippen LogP) is 2.52. The maximum Gasteiger partial charge on any atom is 0.272 e. The van der Waals surface area contributed by atoms with Crippen LogP contribution in [0.5, 0.6) is 5.75 Å². The highest BCUT2D eigenvalue weighted by molar-refractivity contribution is 7.91. The molecule has 2 aromatic heterocycles. The Morgan fingerprint density at radius 1 is 1.11 bits per heavy atom. The minimum Gasteiger partial charge on any atom is -0.484 e. The number of ether oxygens (including phenoxy) is 1. The molecule has 0 aliphatic carbocycles. The van der Waals surface area contributed by atoms with E-state index < -0.39 is 15.1 Å². The smallest absolute Gasteiger partial charge is 0.272 e. The number of rotatable bonds is 7. The highest BCUT2D eigenvalue weighted by atomic mass is 32.2. The number of hydrogen-bond acceptors (Lipinski definition) is 9. The molecule has 0 radical (unpaired) electrons. The molecule has 38 heavy (non-hydrogen) atoms. The first-order valence-electron chi connectivity index (χ1n) is 12.5. The quantitative estimate of drug-likeness (QED) is 0.444. The fraction of sp³-hybridized carbons (Fsp3) is 0.423. The van der Waals surface area contributed by atoms with E-state index in [4.69, 9.17) is 9.26 Å². The number of carbonyl (C=O) groups is 2. The Balaban J connectivity index is 1.28. The average Bonchev–Trinajstić information content (AvgIpc) is 3.63. The van der Waals surface area contributed by atoms with Crippen molar-refractivity contribution in [1.29, 1.82) is 0 Å². The van der Waals surface area contributed by atoms with Gasteiger partial charge in [0, 0.05) is 37.7 Å². The van der Waals surface area contributed by atoms with E-state index in [0.29, 0.717) is 43.1 Å². The van der Waals surface area contributed by atoms with Gasteiger partial charge in [-0.05, 0) is 49.9 Å². The molecule has 2 atom stereocenters. The number of hydrogen-bond donors (Lipinski definition) is 0. The Morgan fingerprint density at radius 3 is 2.68 bits per heavy atom. The molecule has 11 nitrogen and oxygen atoms in total. The standard InChI is InChI=1S/C26H29N5O6S/c1-38(34,35)20-11-14-30(16-20)26(33)21-15-18(10-12-27-21)24-28-25(37-29-24)22-9-5-6-13-31(22)23(32)17-36-19-7-3-2-4-8-19/h2-4,7-8,10,12,15,20,22H,5-6,9,11,13-14,16-17H2,1H3/t20-,22?/m1/s1. The first-order chi connectivity index (χ1) is 18.3. The van der Waals surface area contributed by atoms with Crippen LogP contribution in [0.15, 0.2) is 53.2 Å². The van der Waals surface area contributed by atoms with Crippen molar-refractivity contribution in [2.75, 3.05) is 32.5 Å². The highest BCUT2D eigenvalue weighted by Gasteiger charge is 2.34. The Hall–Kier alpha value is -3.80. The Bertz CT molecular complexity index is 1410. The van der Waals surface area contributed by atoms with Gasteiger partial charge in [0.2, 0.25) is 11.7 Å². The second-order valence-electron chi connectivity index (χ2n) is 9.58. The number of likely N-dealkylation sites (tertiary alicyclic amines) is 2. The van der Waals surface area contributed by atoms with Crippen molar-refractivity contribution in [2.24, 2.45) is 0 Å². The number of carbonyl (C=O) groups excluding carboxylic acids is 2. The minimum atomic E-state index is -3.22. The number of piperidine rings is 1. The van der Waals surface area contributed by atoms with Crippen LogP contribution < -0.4 is 4.74 Å². The summed E-state index contributed by atoms with van der Waals surface area (Å²) in [5, 5.41) is 3.54. The van der Waals surface area contributed by atoms with Crippen LogP contribution in [0.2, 0.25) is 0 Å². The summed E-state index contributed by atoms with van der Waals surface area (Å²) in [6.45, 7) is 0.982. The molecule has 1 aromatic carbocycles. The zero-order valence-electron chi connectivity index (χ0n) is 21.0. The van der Waals surface area contributed by atoms with Crippen LogP contribution in [0, 0.1) is 0 Å². The zero-order chi connectivity index (χ0) is 26.7. The van der Waals surface area contributed by atoms with E-state index in [0.717, 1.165) is 12.8 Å². The first-order valence-corrected chi connectivity index (χ1v) is 14.5. The summed E-state index contributed by atoms with van der Waals surface area (Å²) in [5.41, 5.74) is 0.717. The van der Waals surface area contributed by atoms with Crippen LogP contribution in [-0.2, 0) is 14.6 Å². The number of amides is 2. The summed E-state index contributed by atoms with van der Waals surface area (Å²) in [6, 6.07) is 12.0. The minimum absolute atomic E-state index is 0.0893. The second-order valence-corrected chi connectivity index (χ2v) is 11.9. The Labute approximate surface area is 220 Å². The van der Waals surface area contributed by atoms with Gasteiger partial charge in [0.05, 0.1) is 5.25 Å². The molecule has 0 bridgehead atoms. The predicted molar refractivity (Wildman–Crippen MR) is 137 cm³/mol. The molecule has 2 fully saturated rings. The number of pyridine rings is 1. The van der Waals surface area contributed by atoms with Gasteiger partial charge < -0.3 is 19.1 Å². The molecule has 200 valence electrons. The van der Waals surface area contributed by atoms with Gasteiger partial charge in [0.15, 0.2) is 16.4 Å². The third-order valence-electron chi connectivity index (χ3n) is 6.93. The number of nitrogens with zero attached hydrogens (tertiary/aromatic N) is 5. The molecule has 5 rings (SSSR count). The van der Waals surface area contributed by atoms with Gasteiger partial charge in [-0.3, -0.25) is 14.6 Å². The lowest BCUT2D eigenvalue weighted by molar-refractivity contribution is -0.138. The van der Waals surface area contributed by atoms with Crippen LogP contribution in [0.25, 0.3) is 11.4 Å². The molecule has 1 unspecified atom stereocenters. The molecule has 0 spiro atoms. The maximum atomic E-state index is 13.0. The number of benzene rings is 1. The van der Waals surface area contributed by atoms with Gasteiger partial charge >= 0.3 is 0 Å². The lowest BCUT2D eigenvalue weighted by atomic mass is 10.0.